The van der Waals surface area contributed by atoms with Gasteiger partial charge in [0.15, 0.2) is 0 Å². The summed E-state index contributed by atoms with van der Waals surface area (Å²) in [6.07, 6.45) is 0. The van der Waals surface area contributed by atoms with Gasteiger partial charge < -0.3 is 9.47 Å². The van der Waals surface area contributed by atoms with Gasteiger partial charge in [0.25, 0.3) is 0 Å². The summed E-state index contributed by atoms with van der Waals surface area (Å²) in [5.41, 5.74) is 0.0596. The molecule has 0 heterocycles. The quantitative estimate of drug-likeness (QED) is 0.466. The van der Waals surface area contributed by atoms with Crippen LogP contribution in [0.3, 0.4) is 0 Å². The van der Waals surface area contributed by atoms with Gasteiger partial charge in [-0.15, -0.1) is 0 Å². The Labute approximate surface area is 172 Å². The first-order valence-corrected chi connectivity index (χ1v) is 10.2. The Morgan fingerprint density at radius 2 is 1.70 bits per heavy atom. The molecule has 0 atom stereocenters. The van der Waals surface area contributed by atoms with Crippen LogP contribution in [0, 0.1) is 0 Å². The number of esters is 1. The van der Waals surface area contributed by atoms with Gasteiger partial charge in [-0.05, 0) is 36.4 Å². The molecular formula is C17H16Cl3NO5S. The Bertz CT molecular complexity index is 948. The SMILES string of the molecule is CN(C)S(=O)(=O)c1cc(C(=O)OCCOc2ccc(Cl)cc2Cl)ccc1Cl. The largest absolute Gasteiger partial charge is 0.488 e. The van der Waals surface area contributed by atoms with Crippen LogP contribution in [0.4, 0.5) is 0 Å². The van der Waals surface area contributed by atoms with Crippen molar-refractivity contribution in [3.63, 3.8) is 0 Å². The van der Waals surface area contributed by atoms with Gasteiger partial charge in [0.05, 0.1) is 15.6 Å². The number of benzene rings is 2. The average Bonchev–Trinajstić information content (AvgIpc) is 2.60. The van der Waals surface area contributed by atoms with Crippen LogP contribution in [0.2, 0.25) is 15.1 Å². The van der Waals surface area contributed by atoms with Gasteiger partial charge in [-0.3, -0.25) is 0 Å². The van der Waals surface area contributed by atoms with Gasteiger partial charge in [-0.1, -0.05) is 34.8 Å². The molecule has 0 bridgehead atoms. The predicted molar refractivity (Wildman–Crippen MR) is 105 cm³/mol. The lowest BCUT2D eigenvalue weighted by atomic mass is 10.2. The molecule has 10 heteroatoms. The fourth-order valence-electron chi connectivity index (χ4n) is 1.99. The van der Waals surface area contributed by atoms with E-state index >= 15 is 0 Å². The second kappa shape index (κ2) is 9.12. The maximum absolute atomic E-state index is 12.2. The van der Waals surface area contributed by atoms with Crippen molar-refractivity contribution in [2.75, 3.05) is 27.3 Å². The number of sulfonamides is 1. The molecule has 146 valence electrons. The molecule has 0 spiro atoms. The summed E-state index contributed by atoms with van der Waals surface area (Å²) >= 11 is 17.7. The number of hydrogen-bond acceptors (Lipinski definition) is 5. The second-order valence-electron chi connectivity index (χ2n) is 5.49. The molecule has 27 heavy (non-hydrogen) atoms. The Kier molecular flexibility index (Phi) is 7.36. The average molecular weight is 453 g/mol. The van der Waals surface area contributed by atoms with E-state index in [2.05, 4.69) is 0 Å². The number of ether oxygens (including phenoxy) is 2. The van der Waals surface area contributed by atoms with E-state index in [1.807, 2.05) is 0 Å². The molecule has 0 aliphatic heterocycles. The van der Waals surface area contributed by atoms with Crippen molar-refractivity contribution < 1.29 is 22.7 Å². The monoisotopic (exact) mass is 451 g/mol. The Morgan fingerprint density at radius 1 is 1.00 bits per heavy atom. The van der Waals surface area contributed by atoms with E-state index < -0.39 is 16.0 Å². The first-order chi connectivity index (χ1) is 12.6. The molecule has 0 saturated carbocycles. The molecule has 2 aromatic rings. The third kappa shape index (κ3) is 5.49. The number of rotatable bonds is 7. The molecule has 0 N–H and O–H groups in total. The van der Waals surface area contributed by atoms with Gasteiger partial charge >= 0.3 is 5.97 Å². The zero-order valence-electron chi connectivity index (χ0n) is 14.4. The maximum atomic E-state index is 12.2. The first-order valence-electron chi connectivity index (χ1n) is 7.60. The number of carbonyl (C=O) groups is 1. The molecule has 0 aromatic heterocycles. The fraction of sp³-hybridized carbons (Fsp3) is 0.235. The normalized spacial score (nSPS) is 11.5. The highest BCUT2D eigenvalue weighted by Gasteiger charge is 2.22. The molecular weight excluding hydrogens is 437 g/mol. The van der Waals surface area contributed by atoms with Crippen molar-refractivity contribution >= 4 is 50.8 Å². The third-order valence-corrected chi connectivity index (χ3v) is 6.22. The van der Waals surface area contributed by atoms with Crippen molar-refractivity contribution in [1.82, 2.24) is 4.31 Å². The Balaban J connectivity index is 2.00. The minimum Gasteiger partial charge on any atom is -0.488 e. The number of halogens is 3. The van der Waals surface area contributed by atoms with Gasteiger partial charge in [0.1, 0.15) is 23.9 Å². The van der Waals surface area contributed by atoms with Crippen LogP contribution in [-0.2, 0) is 14.8 Å². The minimum atomic E-state index is -3.79. The lowest BCUT2D eigenvalue weighted by Gasteiger charge is -2.14. The zero-order chi connectivity index (χ0) is 20.2. The van der Waals surface area contributed by atoms with Crippen LogP contribution < -0.4 is 4.74 Å². The van der Waals surface area contributed by atoms with Crippen molar-refractivity contribution in [1.29, 1.82) is 0 Å². The van der Waals surface area contributed by atoms with Crippen molar-refractivity contribution in [3.05, 3.63) is 57.0 Å². The van der Waals surface area contributed by atoms with Crippen LogP contribution >= 0.6 is 34.8 Å². The number of nitrogens with zero attached hydrogens (tertiary/aromatic N) is 1. The summed E-state index contributed by atoms with van der Waals surface area (Å²) < 4.78 is 36.0. The smallest absolute Gasteiger partial charge is 0.338 e. The second-order valence-corrected chi connectivity index (χ2v) is 8.86. The molecule has 2 rings (SSSR count). The summed E-state index contributed by atoms with van der Waals surface area (Å²) in [6, 6.07) is 8.65. The van der Waals surface area contributed by atoms with Crippen LogP contribution in [0.1, 0.15) is 10.4 Å². The van der Waals surface area contributed by atoms with E-state index in [1.54, 1.807) is 12.1 Å². The summed E-state index contributed by atoms with van der Waals surface area (Å²) in [5.74, 6) is -0.296. The van der Waals surface area contributed by atoms with E-state index in [9.17, 15) is 13.2 Å². The predicted octanol–water partition coefficient (Wildman–Crippen LogP) is 4.13. The van der Waals surface area contributed by atoms with Crippen LogP contribution in [0.15, 0.2) is 41.3 Å². The zero-order valence-corrected chi connectivity index (χ0v) is 17.5. The van der Waals surface area contributed by atoms with Crippen molar-refractivity contribution in [2.24, 2.45) is 0 Å². The van der Waals surface area contributed by atoms with Crippen molar-refractivity contribution in [3.8, 4) is 5.75 Å². The first kappa shape index (κ1) is 21.8. The molecule has 2 aromatic carbocycles. The molecule has 0 unspecified atom stereocenters. The molecule has 0 fully saturated rings. The molecule has 0 radical (unpaired) electrons. The highest BCUT2D eigenvalue weighted by atomic mass is 35.5. The number of carbonyl (C=O) groups excluding carboxylic acids is 1. The van der Waals surface area contributed by atoms with E-state index in [1.165, 1.54) is 38.4 Å². The molecule has 0 amide bonds. The lowest BCUT2D eigenvalue weighted by Crippen LogP contribution is -2.23. The Morgan fingerprint density at radius 3 is 2.33 bits per heavy atom. The Hall–Kier alpha value is -1.51. The van der Waals surface area contributed by atoms with Gasteiger partial charge in [-0.25, -0.2) is 17.5 Å². The van der Waals surface area contributed by atoms with Gasteiger partial charge in [0, 0.05) is 19.1 Å². The summed E-state index contributed by atoms with van der Waals surface area (Å²) in [7, 11) is -1.05. The van der Waals surface area contributed by atoms with Crippen LogP contribution in [0.5, 0.6) is 5.75 Å². The lowest BCUT2D eigenvalue weighted by molar-refractivity contribution is 0.0450. The van der Waals surface area contributed by atoms with E-state index in [4.69, 9.17) is 44.3 Å². The van der Waals surface area contributed by atoms with Crippen LogP contribution in [-0.4, -0.2) is 46.0 Å². The highest BCUT2D eigenvalue weighted by molar-refractivity contribution is 7.89. The third-order valence-electron chi connectivity index (χ3n) is 3.39. The number of hydrogen-bond donors (Lipinski definition) is 0. The van der Waals surface area contributed by atoms with Gasteiger partial charge in [-0.2, -0.15) is 0 Å². The van der Waals surface area contributed by atoms with E-state index in [0.29, 0.717) is 15.8 Å². The molecule has 0 aliphatic carbocycles. The fourth-order valence-corrected chi connectivity index (χ4v) is 3.84. The topological polar surface area (TPSA) is 72.9 Å². The summed E-state index contributed by atoms with van der Waals surface area (Å²) in [4.78, 5) is 12.0. The minimum absolute atomic E-state index is 0.0148. The molecule has 0 saturated heterocycles. The highest BCUT2D eigenvalue weighted by Crippen LogP contribution is 2.27. The van der Waals surface area contributed by atoms with E-state index in [0.717, 1.165) is 4.31 Å². The summed E-state index contributed by atoms with van der Waals surface area (Å²) in [6.45, 7) is -0.000283. The standard InChI is InChI=1S/C17H16Cl3NO5S/c1-21(2)27(23,24)16-9-11(3-5-13(16)19)17(22)26-8-7-25-15-6-4-12(18)10-14(15)20/h3-6,9-10H,7-8H2,1-2H3. The maximum Gasteiger partial charge on any atom is 0.338 e. The summed E-state index contributed by atoms with van der Waals surface area (Å²) in [5, 5.41) is 0.830. The van der Waals surface area contributed by atoms with E-state index in [-0.39, 0.29) is 28.7 Å². The van der Waals surface area contributed by atoms with Gasteiger partial charge in [0.2, 0.25) is 10.0 Å². The van der Waals surface area contributed by atoms with Crippen molar-refractivity contribution in [2.45, 2.75) is 4.90 Å². The molecule has 6 nitrogen and oxygen atoms in total. The van der Waals surface area contributed by atoms with Crippen LogP contribution in [0.25, 0.3) is 0 Å². The molecule has 0 aliphatic rings.